The minimum Gasteiger partial charge on any atom is -0.545 e. The van der Waals surface area contributed by atoms with E-state index >= 15 is 0 Å². The number of carboxylic acids is 1. The minimum atomic E-state index is -4.74. The third-order valence-electron chi connectivity index (χ3n) is 3.10. The van der Waals surface area contributed by atoms with Gasteiger partial charge in [-0.05, 0) is 6.07 Å². The van der Waals surface area contributed by atoms with E-state index in [-0.39, 0.29) is 5.56 Å². The minimum absolute atomic E-state index is 0.164. The highest BCUT2D eigenvalue weighted by Crippen LogP contribution is 2.37. The normalized spacial score (nSPS) is 28.7. The van der Waals surface area contributed by atoms with Crippen LogP contribution in [0.25, 0.3) is 0 Å². The van der Waals surface area contributed by atoms with Crippen LogP contribution < -0.4 is 9.67 Å². The quantitative estimate of drug-likeness (QED) is 0.250. The van der Waals surface area contributed by atoms with Crippen LogP contribution in [0.3, 0.4) is 0 Å². The maximum atomic E-state index is 10.8. The number of phosphoric acid groups is 1. The van der Waals surface area contributed by atoms with E-state index in [9.17, 15) is 24.7 Å². The lowest BCUT2D eigenvalue weighted by atomic mass is 10.3. The Balaban J connectivity index is 2.14. The zero-order valence-electron chi connectivity index (χ0n) is 11.1. The highest BCUT2D eigenvalue weighted by atomic mass is 31.2. The van der Waals surface area contributed by atoms with Crippen LogP contribution in [0.4, 0.5) is 0 Å². The molecule has 0 amide bonds. The molecule has 1 aromatic rings. The van der Waals surface area contributed by atoms with Gasteiger partial charge in [0.05, 0.1) is 18.1 Å². The number of carbonyl (C=O) groups excluding carboxylic acids is 1. The highest BCUT2D eigenvalue weighted by molar-refractivity contribution is 7.46. The van der Waals surface area contributed by atoms with Gasteiger partial charge in [-0.15, -0.1) is 0 Å². The van der Waals surface area contributed by atoms with E-state index in [0.717, 1.165) is 6.20 Å². The summed E-state index contributed by atoms with van der Waals surface area (Å²) in [5.74, 6) is -1.43. The van der Waals surface area contributed by atoms with Crippen molar-refractivity contribution in [2.24, 2.45) is 0 Å². The van der Waals surface area contributed by atoms with Gasteiger partial charge in [0.2, 0.25) is 0 Å². The number of nitrogens with zero attached hydrogens (tertiary/aromatic N) is 1. The van der Waals surface area contributed by atoms with Gasteiger partial charge in [0, 0.05) is 6.07 Å². The van der Waals surface area contributed by atoms with Gasteiger partial charge in [-0.1, -0.05) is 0 Å². The molecule has 1 aliphatic heterocycles. The molecule has 1 saturated heterocycles. The number of carboxylic acid groups (broad SMARTS) is 1. The molecule has 0 spiro atoms. The molecule has 1 aromatic heterocycles. The predicted octanol–water partition coefficient (Wildman–Crippen LogP) is -2.93. The SMILES string of the molecule is O=C([O-])c1ccc[n+]([13C@@H]2O[13C@H]([13CH2]OP(=O)(O)O)[13C@@H](O)[13CH]2O)c1. The molecule has 4 atom stereocenters. The zero-order chi connectivity index (χ0) is 16.5. The van der Waals surface area contributed by atoms with Crippen LogP contribution in [0.5, 0.6) is 0 Å². The summed E-state index contributed by atoms with van der Waals surface area (Å²) in [5.41, 5.74) is -0.164. The molecule has 0 aliphatic carbocycles. The molecule has 4 N–H and O–H groups in total. The molecule has 11 heteroatoms. The third kappa shape index (κ3) is 3.87. The first-order chi connectivity index (χ1) is 10.2. The lowest BCUT2D eigenvalue weighted by molar-refractivity contribution is -0.765. The van der Waals surface area contributed by atoms with Crippen molar-refractivity contribution in [3.05, 3.63) is 30.1 Å². The van der Waals surface area contributed by atoms with Crippen LogP contribution in [0.2, 0.25) is 0 Å². The molecule has 10 nitrogen and oxygen atoms in total. The molecule has 2 heterocycles. The Morgan fingerprint density at radius 1 is 1.41 bits per heavy atom. The summed E-state index contributed by atoms with van der Waals surface area (Å²) in [6.45, 7) is -0.639. The van der Waals surface area contributed by atoms with E-state index in [1.165, 1.54) is 22.9 Å². The van der Waals surface area contributed by atoms with Crippen molar-refractivity contribution in [2.45, 2.75) is 24.5 Å². The number of hydrogen-bond acceptors (Lipinski definition) is 7. The number of rotatable bonds is 5. The summed E-state index contributed by atoms with van der Waals surface area (Å²) in [7, 11) is -4.74. The van der Waals surface area contributed by atoms with E-state index in [4.69, 9.17) is 14.5 Å². The van der Waals surface area contributed by atoms with E-state index < -0.39 is 44.9 Å². The summed E-state index contributed by atoms with van der Waals surface area (Å²) < 4.78 is 21.4. The van der Waals surface area contributed by atoms with Crippen molar-refractivity contribution >= 4 is 13.8 Å². The molecule has 0 aromatic carbocycles. The zero-order valence-corrected chi connectivity index (χ0v) is 11.9. The predicted molar refractivity (Wildman–Crippen MR) is 64.9 cm³/mol. The molecule has 22 heavy (non-hydrogen) atoms. The average molecular weight is 340 g/mol. The summed E-state index contributed by atoms with van der Waals surface area (Å²) in [6, 6.07) is 2.66. The van der Waals surface area contributed by atoms with Crippen LogP contribution in [0.1, 0.15) is 16.6 Å². The van der Waals surface area contributed by atoms with Crippen molar-refractivity contribution < 1.29 is 48.3 Å². The summed E-state index contributed by atoms with van der Waals surface area (Å²) in [4.78, 5) is 28.1. The Kier molecular flexibility index (Phi) is 4.93. The standard InChI is InChI=1S/C11H14NO9P/c13-8-7(5-20-22(17,18)19)21-10(9(8)14)12-3-1-2-6(4-12)11(15)16/h1-4,7-10,13-14H,5H2,(H2-,15,16,17,18,19)/t7-,8-,9?,10-/m1/s1/i5+1,7+1,8+1,9+1,10+1. The molecule has 0 radical (unpaired) electrons. The van der Waals surface area contributed by atoms with Gasteiger partial charge in [0.1, 0.15) is 12.2 Å². The Hall–Kier alpha value is -1.39. The highest BCUT2D eigenvalue weighted by Gasteiger charge is 2.48. The number of ether oxygens (including phenoxy) is 1. The van der Waals surface area contributed by atoms with E-state index in [1.807, 2.05) is 0 Å². The summed E-state index contributed by atoms with van der Waals surface area (Å²) >= 11 is 0. The number of aliphatic hydroxyl groups excluding tert-OH is 2. The maximum absolute atomic E-state index is 10.8. The van der Waals surface area contributed by atoms with Gasteiger partial charge in [-0.3, -0.25) is 4.52 Å². The van der Waals surface area contributed by atoms with Gasteiger partial charge >= 0.3 is 7.82 Å². The first-order valence-corrected chi connectivity index (χ1v) is 7.66. The van der Waals surface area contributed by atoms with Gasteiger partial charge in [0.15, 0.2) is 18.5 Å². The second-order valence-electron chi connectivity index (χ2n) is 4.66. The fraction of sp³-hybridized carbons (Fsp3) is 0.455. The number of pyridine rings is 1. The summed E-state index contributed by atoms with van der Waals surface area (Å²) in [5, 5.41) is 30.6. The van der Waals surface area contributed by atoms with Crippen LogP contribution in [0, 0.1) is 0 Å². The summed E-state index contributed by atoms with van der Waals surface area (Å²) in [6.07, 6.45) is -2.68. The molecule has 122 valence electrons. The molecular weight excluding hydrogens is 326 g/mol. The smallest absolute Gasteiger partial charge is 0.469 e. The van der Waals surface area contributed by atoms with Gasteiger partial charge in [-0.25, -0.2) is 4.57 Å². The molecule has 1 fully saturated rings. The largest absolute Gasteiger partial charge is 0.545 e. The Morgan fingerprint density at radius 3 is 2.68 bits per heavy atom. The van der Waals surface area contributed by atoms with Gasteiger partial charge < -0.3 is 34.6 Å². The number of aromatic nitrogens is 1. The third-order valence-corrected chi connectivity index (χ3v) is 3.58. The van der Waals surface area contributed by atoms with Crippen molar-refractivity contribution in [3.63, 3.8) is 0 Å². The fourth-order valence-corrected chi connectivity index (χ4v) is 2.40. The Labute approximate surface area is 124 Å². The first-order valence-electron chi connectivity index (χ1n) is 6.13. The van der Waals surface area contributed by atoms with Crippen LogP contribution in [-0.4, -0.2) is 50.9 Å². The second kappa shape index (κ2) is 6.39. The van der Waals surface area contributed by atoms with Gasteiger partial charge in [0.25, 0.3) is 6.23 Å². The first kappa shape index (κ1) is 17.0. The van der Waals surface area contributed by atoms with Crippen LogP contribution in [-0.2, 0) is 13.8 Å². The maximum Gasteiger partial charge on any atom is 0.469 e. The Bertz CT molecular complexity index is 603. The molecule has 0 bridgehead atoms. The fourth-order valence-electron chi connectivity index (χ4n) is 2.06. The van der Waals surface area contributed by atoms with Crippen molar-refractivity contribution in [1.29, 1.82) is 0 Å². The van der Waals surface area contributed by atoms with Crippen molar-refractivity contribution in [1.82, 2.24) is 0 Å². The van der Waals surface area contributed by atoms with E-state index in [0.29, 0.717) is 0 Å². The van der Waals surface area contributed by atoms with Gasteiger partial charge in [-0.2, -0.15) is 4.57 Å². The number of carbonyl (C=O) groups is 1. The van der Waals surface area contributed by atoms with Crippen molar-refractivity contribution in [2.75, 3.05) is 6.61 Å². The number of hydrogen-bond donors (Lipinski definition) is 4. The number of phosphoric ester groups is 1. The van der Waals surface area contributed by atoms with Crippen LogP contribution in [0.15, 0.2) is 24.5 Å². The number of aliphatic hydroxyl groups is 2. The molecule has 2 rings (SSSR count). The molecule has 1 unspecified atom stereocenters. The molecular formula is C11H14NO9P. The Morgan fingerprint density at radius 2 is 2.09 bits per heavy atom. The van der Waals surface area contributed by atoms with E-state index in [2.05, 4.69) is 4.52 Å². The second-order valence-corrected chi connectivity index (χ2v) is 5.90. The van der Waals surface area contributed by atoms with Crippen LogP contribution >= 0.6 is 7.82 Å². The lowest BCUT2D eigenvalue weighted by Gasteiger charge is -2.13. The van der Waals surface area contributed by atoms with Crippen molar-refractivity contribution in [3.8, 4) is 0 Å². The van der Waals surface area contributed by atoms with E-state index in [1.54, 1.807) is 0 Å². The average Bonchev–Trinajstić information content (AvgIpc) is 2.72. The number of aromatic carboxylic acids is 1. The molecule has 0 saturated carbocycles. The molecule has 1 aliphatic rings. The monoisotopic (exact) mass is 340 g/mol. The lowest BCUT2D eigenvalue weighted by Crippen LogP contribution is -2.46. The topological polar surface area (TPSA) is 160 Å².